The summed E-state index contributed by atoms with van der Waals surface area (Å²) in [6.07, 6.45) is 0. The first-order valence-corrected chi connectivity index (χ1v) is 10.7. The van der Waals surface area contributed by atoms with Crippen LogP contribution in [0.15, 0.2) is 54.6 Å². The molecule has 31 heavy (non-hydrogen) atoms. The molecule has 7 heteroatoms. The molecule has 3 aromatic rings. The summed E-state index contributed by atoms with van der Waals surface area (Å²) < 4.78 is 5.82. The summed E-state index contributed by atoms with van der Waals surface area (Å²) in [5, 5.41) is 9.43. The van der Waals surface area contributed by atoms with E-state index >= 15 is 0 Å². The van der Waals surface area contributed by atoms with Crippen LogP contribution in [0, 0.1) is 13.8 Å². The molecule has 0 aliphatic carbocycles. The fraction of sp³-hybridized carbons (Fsp3) is 0.292. The van der Waals surface area contributed by atoms with Gasteiger partial charge in [-0.05, 0) is 49.2 Å². The predicted molar refractivity (Wildman–Crippen MR) is 123 cm³/mol. The van der Waals surface area contributed by atoms with Crippen molar-refractivity contribution in [2.75, 3.05) is 37.7 Å². The van der Waals surface area contributed by atoms with E-state index in [2.05, 4.69) is 15.1 Å². The van der Waals surface area contributed by atoms with E-state index in [0.717, 1.165) is 34.0 Å². The average molecular weight is 437 g/mol. The van der Waals surface area contributed by atoms with Gasteiger partial charge in [-0.1, -0.05) is 41.9 Å². The maximum Gasteiger partial charge on any atom is 0.260 e. The van der Waals surface area contributed by atoms with Crippen LogP contribution < -0.4 is 9.64 Å². The van der Waals surface area contributed by atoms with Crippen molar-refractivity contribution in [1.82, 2.24) is 15.1 Å². The van der Waals surface area contributed by atoms with Crippen LogP contribution in [-0.2, 0) is 4.79 Å². The molecular weight excluding hydrogens is 412 g/mol. The van der Waals surface area contributed by atoms with Gasteiger partial charge in [0.25, 0.3) is 5.91 Å². The third-order valence-corrected chi connectivity index (χ3v) is 5.75. The molecule has 1 aromatic heterocycles. The summed E-state index contributed by atoms with van der Waals surface area (Å²) >= 11 is 5.95. The first kappa shape index (κ1) is 21.1. The molecule has 6 nitrogen and oxygen atoms in total. The number of nitrogens with zero attached hydrogens (tertiary/aromatic N) is 4. The van der Waals surface area contributed by atoms with Crippen molar-refractivity contribution in [2.24, 2.45) is 0 Å². The summed E-state index contributed by atoms with van der Waals surface area (Å²) in [5.74, 6) is 1.62. The molecular formula is C24H25ClN4O2. The molecule has 160 valence electrons. The highest BCUT2D eigenvalue weighted by Gasteiger charge is 2.23. The average Bonchev–Trinajstić information content (AvgIpc) is 2.79. The molecule has 4 rings (SSSR count). The van der Waals surface area contributed by atoms with Crippen molar-refractivity contribution in [2.45, 2.75) is 13.8 Å². The van der Waals surface area contributed by atoms with Gasteiger partial charge in [0.2, 0.25) is 0 Å². The summed E-state index contributed by atoms with van der Waals surface area (Å²) in [6, 6.07) is 17.4. The normalized spacial score (nSPS) is 13.9. The predicted octanol–water partition coefficient (Wildman–Crippen LogP) is 4.14. The number of hydrogen-bond donors (Lipinski definition) is 0. The molecule has 0 spiro atoms. The van der Waals surface area contributed by atoms with E-state index in [-0.39, 0.29) is 12.5 Å². The van der Waals surface area contributed by atoms with Gasteiger partial charge in [0.15, 0.2) is 12.4 Å². The van der Waals surface area contributed by atoms with E-state index < -0.39 is 0 Å². The number of aromatic nitrogens is 2. The number of anilines is 1. The maximum absolute atomic E-state index is 12.6. The molecule has 1 saturated heterocycles. The fourth-order valence-corrected chi connectivity index (χ4v) is 3.83. The van der Waals surface area contributed by atoms with Crippen molar-refractivity contribution in [1.29, 1.82) is 0 Å². The van der Waals surface area contributed by atoms with Crippen LogP contribution in [0.3, 0.4) is 0 Å². The molecule has 0 N–H and O–H groups in total. The van der Waals surface area contributed by atoms with Gasteiger partial charge in [0.1, 0.15) is 5.75 Å². The van der Waals surface area contributed by atoms with Crippen LogP contribution in [0.1, 0.15) is 11.1 Å². The summed E-state index contributed by atoms with van der Waals surface area (Å²) in [4.78, 5) is 16.6. The van der Waals surface area contributed by atoms with Crippen molar-refractivity contribution in [3.63, 3.8) is 0 Å². The van der Waals surface area contributed by atoms with Gasteiger partial charge in [-0.3, -0.25) is 4.79 Å². The Kier molecular flexibility index (Phi) is 6.37. The summed E-state index contributed by atoms with van der Waals surface area (Å²) in [5.41, 5.74) is 3.86. The molecule has 1 fully saturated rings. The highest BCUT2D eigenvalue weighted by molar-refractivity contribution is 6.30. The Bertz CT molecular complexity index is 1030. The minimum Gasteiger partial charge on any atom is -0.483 e. The molecule has 0 atom stereocenters. The van der Waals surface area contributed by atoms with Crippen molar-refractivity contribution < 1.29 is 9.53 Å². The van der Waals surface area contributed by atoms with Crippen LogP contribution in [0.5, 0.6) is 5.75 Å². The topological polar surface area (TPSA) is 58.6 Å². The SMILES string of the molecule is Cc1cccc(C)c1OCC(=O)N1CCN(c2ccc(-c3ccc(Cl)cc3)nn2)CC1. The number of piperazine rings is 1. The van der Waals surface area contributed by atoms with Gasteiger partial charge in [-0.15, -0.1) is 10.2 Å². The lowest BCUT2D eigenvalue weighted by atomic mass is 10.1. The van der Waals surface area contributed by atoms with Gasteiger partial charge in [-0.25, -0.2) is 0 Å². The van der Waals surface area contributed by atoms with Gasteiger partial charge >= 0.3 is 0 Å². The number of ether oxygens (including phenoxy) is 1. The number of benzene rings is 2. The minimum atomic E-state index is 0.00599. The molecule has 0 saturated carbocycles. The fourth-order valence-electron chi connectivity index (χ4n) is 3.71. The van der Waals surface area contributed by atoms with E-state index in [0.29, 0.717) is 31.2 Å². The number of aryl methyl sites for hydroxylation is 2. The van der Waals surface area contributed by atoms with Gasteiger partial charge in [-0.2, -0.15) is 0 Å². The quantitative estimate of drug-likeness (QED) is 0.601. The molecule has 0 unspecified atom stereocenters. The third-order valence-electron chi connectivity index (χ3n) is 5.50. The molecule has 0 bridgehead atoms. The van der Waals surface area contributed by atoms with Crippen LogP contribution in [0.4, 0.5) is 5.82 Å². The van der Waals surface area contributed by atoms with Crippen molar-refractivity contribution >= 4 is 23.3 Å². The number of carbonyl (C=O) groups is 1. The number of halogens is 1. The van der Waals surface area contributed by atoms with E-state index in [1.807, 2.05) is 73.3 Å². The number of rotatable bonds is 5. The first-order chi connectivity index (χ1) is 15.0. The number of amides is 1. The van der Waals surface area contributed by atoms with Crippen molar-refractivity contribution in [3.05, 3.63) is 70.7 Å². The zero-order chi connectivity index (χ0) is 21.8. The standard InChI is InChI=1S/C24H25ClN4O2/c1-17-4-3-5-18(2)24(17)31-16-23(30)29-14-12-28(13-15-29)22-11-10-21(26-27-22)19-6-8-20(25)9-7-19/h3-11H,12-16H2,1-2H3. The minimum absolute atomic E-state index is 0.00599. The Morgan fingerprint density at radius 1 is 0.935 bits per heavy atom. The third kappa shape index (κ3) is 4.97. The zero-order valence-electron chi connectivity index (χ0n) is 17.7. The van der Waals surface area contributed by atoms with Crippen molar-refractivity contribution in [3.8, 4) is 17.0 Å². The molecule has 1 aliphatic heterocycles. The second-order valence-electron chi connectivity index (χ2n) is 7.66. The monoisotopic (exact) mass is 436 g/mol. The lowest BCUT2D eigenvalue weighted by Gasteiger charge is -2.35. The van der Waals surface area contributed by atoms with Crippen LogP contribution >= 0.6 is 11.6 Å². The van der Waals surface area contributed by atoms with Gasteiger partial charge in [0.05, 0.1) is 5.69 Å². The molecule has 2 heterocycles. The van der Waals surface area contributed by atoms with E-state index in [4.69, 9.17) is 16.3 Å². The summed E-state index contributed by atoms with van der Waals surface area (Å²) in [6.45, 7) is 6.73. The largest absolute Gasteiger partial charge is 0.483 e. The number of carbonyl (C=O) groups excluding carboxylic acids is 1. The Balaban J connectivity index is 1.31. The van der Waals surface area contributed by atoms with Crippen LogP contribution in [-0.4, -0.2) is 53.8 Å². The number of para-hydroxylation sites is 1. The van der Waals surface area contributed by atoms with E-state index in [9.17, 15) is 4.79 Å². The smallest absolute Gasteiger partial charge is 0.260 e. The lowest BCUT2D eigenvalue weighted by Crippen LogP contribution is -2.50. The second-order valence-corrected chi connectivity index (χ2v) is 8.10. The molecule has 1 aliphatic rings. The van der Waals surface area contributed by atoms with Crippen LogP contribution in [0.25, 0.3) is 11.3 Å². The van der Waals surface area contributed by atoms with Gasteiger partial charge in [0, 0.05) is 36.8 Å². The molecule has 0 radical (unpaired) electrons. The highest BCUT2D eigenvalue weighted by atomic mass is 35.5. The molecule has 2 aromatic carbocycles. The lowest BCUT2D eigenvalue weighted by molar-refractivity contribution is -0.133. The summed E-state index contributed by atoms with van der Waals surface area (Å²) in [7, 11) is 0. The second kappa shape index (κ2) is 9.35. The zero-order valence-corrected chi connectivity index (χ0v) is 18.5. The maximum atomic E-state index is 12.6. The Labute approximate surface area is 187 Å². The first-order valence-electron chi connectivity index (χ1n) is 10.3. The Morgan fingerprint density at radius 2 is 1.61 bits per heavy atom. The Morgan fingerprint density at radius 3 is 2.23 bits per heavy atom. The van der Waals surface area contributed by atoms with E-state index in [1.165, 1.54) is 0 Å². The van der Waals surface area contributed by atoms with Gasteiger partial charge < -0.3 is 14.5 Å². The Hall–Kier alpha value is -3.12. The molecule has 1 amide bonds. The number of hydrogen-bond acceptors (Lipinski definition) is 5. The van der Waals surface area contributed by atoms with Crippen LogP contribution in [0.2, 0.25) is 5.02 Å². The van der Waals surface area contributed by atoms with E-state index in [1.54, 1.807) is 0 Å². The highest BCUT2D eigenvalue weighted by Crippen LogP contribution is 2.23.